The first kappa shape index (κ1) is 21.5. The molecule has 1 aliphatic heterocycles. The maximum absolute atomic E-state index is 13.2. The first-order chi connectivity index (χ1) is 15.3. The molecule has 0 saturated carbocycles. The topological polar surface area (TPSA) is 66.5 Å². The Morgan fingerprint density at radius 3 is 2.34 bits per heavy atom. The normalized spacial score (nSPS) is 15.3. The van der Waals surface area contributed by atoms with Crippen LogP contribution >= 0.6 is 11.6 Å². The molecule has 6 heteroatoms. The summed E-state index contributed by atoms with van der Waals surface area (Å²) in [4.78, 5) is 39.0. The molecule has 0 aliphatic carbocycles. The van der Waals surface area contributed by atoms with Gasteiger partial charge in [-0.2, -0.15) is 0 Å². The van der Waals surface area contributed by atoms with E-state index in [9.17, 15) is 14.4 Å². The highest BCUT2D eigenvalue weighted by atomic mass is 35.5. The summed E-state index contributed by atoms with van der Waals surface area (Å²) in [6.07, 6.45) is 2.19. The summed E-state index contributed by atoms with van der Waals surface area (Å²) in [7, 11) is 0. The van der Waals surface area contributed by atoms with Crippen LogP contribution in [0.4, 0.5) is 10.5 Å². The van der Waals surface area contributed by atoms with Crippen LogP contribution in [0.25, 0.3) is 6.08 Å². The fraction of sp³-hybridized carbons (Fsp3) is 0.115. The third kappa shape index (κ3) is 4.48. The SMILES string of the molecule is Cc1cc(C)cc(Cc2ccccc2/C=C2\C(=O)NC(=O)N(c3cccc(Cl)c3)C2=O)c1. The molecule has 5 nitrogen and oxygen atoms in total. The molecule has 160 valence electrons. The zero-order valence-electron chi connectivity index (χ0n) is 17.7. The number of rotatable bonds is 4. The lowest BCUT2D eigenvalue weighted by molar-refractivity contribution is -0.122. The summed E-state index contributed by atoms with van der Waals surface area (Å²) in [5.74, 6) is -1.42. The zero-order valence-corrected chi connectivity index (χ0v) is 18.4. The predicted molar refractivity (Wildman–Crippen MR) is 126 cm³/mol. The number of benzene rings is 3. The Kier molecular flexibility index (Phi) is 5.93. The lowest BCUT2D eigenvalue weighted by atomic mass is 9.95. The lowest BCUT2D eigenvalue weighted by Crippen LogP contribution is -2.54. The number of hydrogen-bond donors (Lipinski definition) is 1. The predicted octanol–water partition coefficient (Wildman–Crippen LogP) is 5.21. The first-order valence-electron chi connectivity index (χ1n) is 10.1. The molecule has 4 amide bonds. The van der Waals surface area contributed by atoms with E-state index in [0.29, 0.717) is 17.1 Å². The second-order valence-corrected chi connectivity index (χ2v) is 8.25. The summed E-state index contributed by atoms with van der Waals surface area (Å²) >= 11 is 6.02. The number of nitrogens with one attached hydrogen (secondary N) is 1. The number of nitrogens with zero attached hydrogens (tertiary/aromatic N) is 1. The number of hydrogen-bond acceptors (Lipinski definition) is 3. The van der Waals surface area contributed by atoms with E-state index in [1.807, 2.05) is 24.3 Å². The minimum atomic E-state index is -0.803. The van der Waals surface area contributed by atoms with Crippen LogP contribution in [0.2, 0.25) is 5.02 Å². The lowest BCUT2D eigenvalue weighted by Gasteiger charge is -2.26. The summed E-state index contributed by atoms with van der Waals surface area (Å²) in [5, 5.41) is 2.63. The molecule has 1 aliphatic rings. The third-order valence-electron chi connectivity index (χ3n) is 5.20. The summed E-state index contributed by atoms with van der Waals surface area (Å²) in [5.41, 5.74) is 5.38. The van der Waals surface area contributed by atoms with Gasteiger partial charge in [-0.15, -0.1) is 0 Å². The van der Waals surface area contributed by atoms with Crippen molar-refractivity contribution in [3.63, 3.8) is 0 Å². The van der Waals surface area contributed by atoms with Crippen LogP contribution in [0.15, 0.2) is 72.3 Å². The van der Waals surface area contributed by atoms with Crippen LogP contribution in [0.1, 0.15) is 27.8 Å². The molecule has 1 N–H and O–H groups in total. The number of anilines is 1. The Labute approximate surface area is 191 Å². The Morgan fingerprint density at radius 1 is 0.906 bits per heavy atom. The number of carbonyl (C=O) groups excluding carboxylic acids is 3. The van der Waals surface area contributed by atoms with Crippen molar-refractivity contribution in [1.29, 1.82) is 0 Å². The number of carbonyl (C=O) groups is 3. The fourth-order valence-corrected chi connectivity index (χ4v) is 4.07. The molecule has 3 aromatic carbocycles. The van der Waals surface area contributed by atoms with Crippen LogP contribution in [0.3, 0.4) is 0 Å². The molecule has 4 rings (SSSR count). The second kappa shape index (κ2) is 8.81. The maximum Gasteiger partial charge on any atom is 0.335 e. The van der Waals surface area contributed by atoms with Crippen LogP contribution < -0.4 is 10.2 Å². The van der Waals surface area contributed by atoms with E-state index >= 15 is 0 Å². The van der Waals surface area contributed by atoms with E-state index in [1.165, 1.54) is 17.2 Å². The van der Waals surface area contributed by atoms with Gasteiger partial charge < -0.3 is 0 Å². The maximum atomic E-state index is 13.2. The number of aryl methyl sites for hydroxylation is 2. The highest BCUT2D eigenvalue weighted by Gasteiger charge is 2.37. The van der Waals surface area contributed by atoms with Crippen molar-refractivity contribution in [3.8, 4) is 0 Å². The van der Waals surface area contributed by atoms with Gasteiger partial charge in [0.1, 0.15) is 5.57 Å². The molecule has 1 saturated heterocycles. The van der Waals surface area contributed by atoms with Crippen molar-refractivity contribution in [1.82, 2.24) is 5.32 Å². The van der Waals surface area contributed by atoms with Crippen molar-refractivity contribution in [2.24, 2.45) is 0 Å². The molecule has 0 spiro atoms. The van der Waals surface area contributed by atoms with Gasteiger partial charge >= 0.3 is 6.03 Å². The number of urea groups is 1. The zero-order chi connectivity index (χ0) is 22.8. The molecular formula is C26H21ClN2O3. The molecule has 0 unspecified atom stereocenters. The molecule has 1 fully saturated rings. The van der Waals surface area contributed by atoms with Gasteiger partial charge in [-0.1, -0.05) is 71.3 Å². The average molecular weight is 445 g/mol. The highest BCUT2D eigenvalue weighted by molar-refractivity contribution is 6.39. The van der Waals surface area contributed by atoms with Crippen LogP contribution in [-0.2, 0) is 16.0 Å². The molecule has 32 heavy (non-hydrogen) atoms. The van der Waals surface area contributed by atoms with Gasteiger partial charge in [0.25, 0.3) is 11.8 Å². The summed E-state index contributed by atoms with van der Waals surface area (Å²) < 4.78 is 0. The van der Waals surface area contributed by atoms with Crippen molar-refractivity contribution in [3.05, 3.63) is 105 Å². The van der Waals surface area contributed by atoms with Gasteiger partial charge in [-0.05, 0) is 61.2 Å². The largest absolute Gasteiger partial charge is 0.335 e. The second-order valence-electron chi connectivity index (χ2n) is 7.81. The van der Waals surface area contributed by atoms with Gasteiger partial charge in [0, 0.05) is 5.02 Å². The Hall–Kier alpha value is -3.70. The number of barbiturate groups is 1. The van der Waals surface area contributed by atoms with Gasteiger partial charge in [0.15, 0.2) is 0 Å². The van der Waals surface area contributed by atoms with Crippen LogP contribution in [0.5, 0.6) is 0 Å². The Morgan fingerprint density at radius 2 is 1.62 bits per heavy atom. The monoisotopic (exact) mass is 444 g/mol. The molecule has 1 heterocycles. The van der Waals surface area contributed by atoms with Crippen molar-refractivity contribution >= 4 is 41.2 Å². The minimum absolute atomic E-state index is 0.113. The Bertz CT molecular complexity index is 1260. The van der Waals surface area contributed by atoms with Gasteiger partial charge in [-0.3, -0.25) is 14.9 Å². The molecule has 0 aromatic heterocycles. The van der Waals surface area contributed by atoms with E-state index in [-0.39, 0.29) is 5.57 Å². The van der Waals surface area contributed by atoms with Crippen molar-refractivity contribution < 1.29 is 14.4 Å². The fourth-order valence-electron chi connectivity index (χ4n) is 3.89. The average Bonchev–Trinajstić information content (AvgIpc) is 2.71. The quantitative estimate of drug-likeness (QED) is 0.443. The molecule has 0 radical (unpaired) electrons. The third-order valence-corrected chi connectivity index (χ3v) is 5.43. The van der Waals surface area contributed by atoms with E-state index in [1.54, 1.807) is 24.3 Å². The van der Waals surface area contributed by atoms with E-state index < -0.39 is 17.8 Å². The van der Waals surface area contributed by atoms with Crippen molar-refractivity contribution in [2.45, 2.75) is 20.3 Å². The number of halogens is 1. The van der Waals surface area contributed by atoms with Crippen molar-refractivity contribution in [2.75, 3.05) is 4.90 Å². The molecule has 3 aromatic rings. The highest BCUT2D eigenvalue weighted by Crippen LogP contribution is 2.26. The number of imide groups is 2. The van der Waals surface area contributed by atoms with Gasteiger partial charge in [0.2, 0.25) is 0 Å². The van der Waals surface area contributed by atoms with E-state index in [0.717, 1.165) is 21.6 Å². The molecule has 0 atom stereocenters. The summed E-state index contributed by atoms with van der Waals surface area (Å²) in [6, 6.07) is 19.5. The van der Waals surface area contributed by atoms with E-state index in [4.69, 9.17) is 11.6 Å². The van der Waals surface area contributed by atoms with E-state index in [2.05, 4.69) is 37.4 Å². The van der Waals surface area contributed by atoms with Gasteiger partial charge in [0.05, 0.1) is 5.69 Å². The van der Waals surface area contributed by atoms with Gasteiger partial charge in [-0.25, -0.2) is 9.69 Å². The number of amides is 4. The summed E-state index contributed by atoms with van der Waals surface area (Å²) in [6.45, 7) is 4.10. The van der Waals surface area contributed by atoms with Crippen LogP contribution in [-0.4, -0.2) is 17.8 Å². The minimum Gasteiger partial charge on any atom is -0.273 e. The Balaban J connectivity index is 1.72. The smallest absolute Gasteiger partial charge is 0.273 e. The standard InChI is InChI=1S/C26H21ClN2O3/c1-16-10-17(2)12-18(11-16)13-19-6-3-4-7-20(19)14-23-24(30)28-26(32)29(25(23)31)22-9-5-8-21(27)15-22/h3-12,14-15H,13H2,1-2H3,(H,28,30,32)/b23-14+. The first-order valence-corrected chi connectivity index (χ1v) is 10.5. The molecule has 0 bridgehead atoms. The molecular weight excluding hydrogens is 424 g/mol. The van der Waals surface area contributed by atoms with Crippen LogP contribution in [0, 0.1) is 13.8 Å².